The van der Waals surface area contributed by atoms with E-state index in [0.717, 1.165) is 5.56 Å². The molecule has 0 unspecified atom stereocenters. The summed E-state index contributed by atoms with van der Waals surface area (Å²) in [5, 5.41) is 2.80. The number of allylic oxidation sites excluding steroid dienone is 2. The molecule has 1 N–H and O–H groups in total. The van der Waals surface area contributed by atoms with Crippen molar-refractivity contribution < 1.29 is 28.2 Å². The van der Waals surface area contributed by atoms with Gasteiger partial charge in [-0.25, -0.2) is 9.18 Å². The van der Waals surface area contributed by atoms with Gasteiger partial charge in [-0.1, -0.05) is 42.5 Å². The average Bonchev–Trinajstić information content (AvgIpc) is 3.16. The van der Waals surface area contributed by atoms with Crippen LogP contribution in [0.2, 0.25) is 0 Å². The second kappa shape index (κ2) is 11.3. The lowest BCUT2D eigenvalue weighted by molar-refractivity contribution is -0.137. The van der Waals surface area contributed by atoms with E-state index in [1.807, 2.05) is 30.3 Å². The molecule has 0 fully saturated rings. The highest BCUT2D eigenvalue weighted by Crippen LogP contribution is 2.35. The Morgan fingerprint density at radius 3 is 2.30 bits per heavy atom. The number of ether oxygens (including phenoxy) is 2. The second-order valence-electron chi connectivity index (χ2n) is 8.24. The number of methoxy groups -OCH3 is 1. The van der Waals surface area contributed by atoms with Crippen LogP contribution < -0.4 is 15.0 Å². The first-order chi connectivity index (χ1) is 17.9. The molecule has 0 bridgehead atoms. The van der Waals surface area contributed by atoms with E-state index in [1.54, 1.807) is 42.2 Å². The van der Waals surface area contributed by atoms with Gasteiger partial charge in [0.1, 0.15) is 17.1 Å². The van der Waals surface area contributed by atoms with Crippen LogP contribution in [0.5, 0.6) is 5.75 Å². The number of benzene rings is 3. The molecule has 3 aromatic rings. The third-order valence-corrected chi connectivity index (χ3v) is 5.76. The van der Waals surface area contributed by atoms with Crippen LogP contribution in [0, 0.1) is 5.82 Å². The van der Waals surface area contributed by atoms with Gasteiger partial charge in [-0.2, -0.15) is 0 Å². The highest BCUT2D eigenvalue weighted by Gasteiger charge is 2.38. The van der Waals surface area contributed by atoms with Crippen molar-refractivity contribution in [2.24, 2.45) is 0 Å². The number of hydrogen-bond acceptors (Lipinski definition) is 6. The maximum absolute atomic E-state index is 13.5. The van der Waals surface area contributed by atoms with Gasteiger partial charge < -0.3 is 19.7 Å². The monoisotopic (exact) mass is 500 g/mol. The summed E-state index contributed by atoms with van der Waals surface area (Å²) in [6, 6.07) is 22.0. The van der Waals surface area contributed by atoms with Crippen molar-refractivity contribution >= 4 is 29.4 Å². The largest absolute Gasteiger partial charge is 0.484 e. The summed E-state index contributed by atoms with van der Waals surface area (Å²) in [5.74, 6) is -1.43. The lowest BCUT2D eigenvalue weighted by Gasteiger charge is -2.21. The number of Topliss-reactive ketones (excluding diaryl/α,β-unsaturated/α-hetero) is 1. The van der Waals surface area contributed by atoms with Crippen LogP contribution in [-0.4, -0.2) is 31.4 Å². The predicted octanol–water partition coefficient (Wildman–Crippen LogP) is 4.40. The number of anilines is 1. The molecule has 37 heavy (non-hydrogen) atoms. The first-order valence-electron chi connectivity index (χ1n) is 11.5. The van der Waals surface area contributed by atoms with E-state index in [0.29, 0.717) is 29.2 Å². The lowest BCUT2D eigenvalue weighted by Crippen LogP contribution is -2.28. The SMILES string of the molecule is COC(=O)C1=C(C)N(c2ccc(F)cc2)/C(=C\c2ccc(OCC(=O)NCc3ccccc3)cc2)C1=O. The predicted molar refractivity (Wildman–Crippen MR) is 137 cm³/mol. The third-order valence-electron chi connectivity index (χ3n) is 5.76. The van der Waals surface area contributed by atoms with Gasteiger partial charge in [-0.05, 0) is 60.5 Å². The molecule has 0 saturated heterocycles. The number of rotatable bonds is 8. The Morgan fingerprint density at radius 1 is 0.973 bits per heavy atom. The van der Waals surface area contributed by atoms with Crippen molar-refractivity contribution in [2.45, 2.75) is 13.5 Å². The summed E-state index contributed by atoms with van der Waals surface area (Å²) < 4.78 is 23.9. The maximum atomic E-state index is 13.5. The fraction of sp³-hybridized carbons (Fsp3) is 0.138. The van der Waals surface area contributed by atoms with Crippen LogP contribution in [-0.2, 0) is 25.7 Å². The minimum Gasteiger partial charge on any atom is -0.484 e. The second-order valence-corrected chi connectivity index (χ2v) is 8.24. The number of hydrogen-bond donors (Lipinski definition) is 1. The van der Waals surface area contributed by atoms with Crippen molar-refractivity contribution in [3.63, 3.8) is 0 Å². The molecule has 0 radical (unpaired) electrons. The molecule has 3 aromatic carbocycles. The summed E-state index contributed by atoms with van der Waals surface area (Å²) in [6.45, 7) is 1.90. The number of amides is 1. The summed E-state index contributed by atoms with van der Waals surface area (Å²) in [5.41, 5.74) is 2.70. The van der Waals surface area contributed by atoms with Gasteiger partial charge in [0.2, 0.25) is 5.78 Å². The third kappa shape index (κ3) is 5.92. The standard InChI is InChI=1S/C29H25FN2O5/c1-19-27(29(35)36-2)28(34)25(32(19)23-12-10-22(30)11-13-23)16-20-8-14-24(15-9-20)37-18-26(33)31-17-21-6-4-3-5-7-21/h3-16H,17-18H2,1-2H3,(H,31,33)/b25-16-. The zero-order valence-corrected chi connectivity index (χ0v) is 20.4. The van der Waals surface area contributed by atoms with Gasteiger partial charge in [0.05, 0.1) is 12.8 Å². The fourth-order valence-corrected chi connectivity index (χ4v) is 3.90. The van der Waals surface area contributed by atoms with Gasteiger partial charge in [0.15, 0.2) is 6.61 Å². The van der Waals surface area contributed by atoms with E-state index < -0.39 is 17.6 Å². The average molecular weight is 501 g/mol. The number of ketones is 1. The number of nitrogens with zero attached hydrogens (tertiary/aromatic N) is 1. The minimum absolute atomic E-state index is 0.0838. The van der Waals surface area contributed by atoms with Gasteiger partial charge in [0.25, 0.3) is 5.91 Å². The summed E-state index contributed by atoms with van der Waals surface area (Å²) in [6.07, 6.45) is 1.63. The summed E-state index contributed by atoms with van der Waals surface area (Å²) in [7, 11) is 1.21. The number of halogens is 1. The maximum Gasteiger partial charge on any atom is 0.343 e. The first-order valence-corrected chi connectivity index (χ1v) is 11.5. The molecule has 188 valence electrons. The molecule has 8 heteroatoms. The van der Waals surface area contributed by atoms with E-state index in [-0.39, 0.29) is 23.8 Å². The molecule has 1 aliphatic rings. The van der Waals surface area contributed by atoms with Gasteiger partial charge in [0, 0.05) is 17.9 Å². The lowest BCUT2D eigenvalue weighted by atomic mass is 10.1. The number of carbonyl (C=O) groups excluding carboxylic acids is 3. The molecule has 4 rings (SSSR count). The molecule has 1 amide bonds. The van der Waals surface area contributed by atoms with E-state index in [4.69, 9.17) is 9.47 Å². The molecular formula is C29H25FN2O5. The highest BCUT2D eigenvalue weighted by atomic mass is 19.1. The van der Waals surface area contributed by atoms with Gasteiger partial charge >= 0.3 is 5.97 Å². The Hall–Kier alpha value is -4.72. The molecule has 7 nitrogen and oxygen atoms in total. The van der Waals surface area contributed by atoms with E-state index in [9.17, 15) is 18.8 Å². The molecule has 0 spiro atoms. The molecule has 1 heterocycles. The van der Waals surface area contributed by atoms with Crippen LogP contribution >= 0.6 is 0 Å². The summed E-state index contributed by atoms with van der Waals surface area (Å²) >= 11 is 0. The van der Waals surface area contributed by atoms with Crippen LogP contribution in [0.15, 0.2) is 95.8 Å². The van der Waals surface area contributed by atoms with E-state index in [1.165, 1.54) is 31.4 Å². The molecule has 0 atom stereocenters. The molecule has 0 aromatic heterocycles. The van der Waals surface area contributed by atoms with Crippen molar-refractivity contribution in [1.29, 1.82) is 0 Å². The molecule has 0 aliphatic carbocycles. The first kappa shape index (κ1) is 25.4. The minimum atomic E-state index is -0.743. The van der Waals surface area contributed by atoms with Crippen molar-refractivity contribution in [3.05, 3.63) is 113 Å². The Balaban J connectivity index is 1.48. The molecular weight excluding hydrogens is 475 g/mol. The van der Waals surface area contributed by atoms with Crippen molar-refractivity contribution in [1.82, 2.24) is 5.32 Å². The zero-order chi connectivity index (χ0) is 26.4. The molecule has 0 saturated carbocycles. The van der Waals surface area contributed by atoms with Crippen LogP contribution in [0.4, 0.5) is 10.1 Å². The quantitative estimate of drug-likeness (QED) is 0.280. The molecule has 1 aliphatic heterocycles. The van der Waals surface area contributed by atoms with Gasteiger partial charge in [-0.15, -0.1) is 0 Å². The Kier molecular flexibility index (Phi) is 7.78. The topological polar surface area (TPSA) is 84.9 Å². The van der Waals surface area contributed by atoms with E-state index >= 15 is 0 Å². The Labute approximate surface area is 213 Å². The number of carbonyl (C=O) groups is 3. The smallest absolute Gasteiger partial charge is 0.343 e. The zero-order valence-electron chi connectivity index (χ0n) is 20.4. The van der Waals surface area contributed by atoms with Crippen LogP contribution in [0.3, 0.4) is 0 Å². The van der Waals surface area contributed by atoms with Gasteiger partial charge in [-0.3, -0.25) is 9.59 Å². The Bertz CT molecular complexity index is 1360. The van der Waals surface area contributed by atoms with Crippen LogP contribution in [0.1, 0.15) is 18.1 Å². The normalized spacial score (nSPS) is 14.2. The number of esters is 1. The van der Waals surface area contributed by atoms with Crippen molar-refractivity contribution in [3.8, 4) is 5.75 Å². The van der Waals surface area contributed by atoms with Crippen LogP contribution in [0.25, 0.3) is 6.08 Å². The summed E-state index contributed by atoms with van der Waals surface area (Å²) in [4.78, 5) is 39.2. The Morgan fingerprint density at radius 2 is 1.65 bits per heavy atom. The van der Waals surface area contributed by atoms with Crippen molar-refractivity contribution in [2.75, 3.05) is 18.6 Å². The fourth-order valence-electron chi connectivity index (χ4n) is 3.90. The highest BCUT2D eigenvalue weighted by molar-refractivity contribution is 6.30. The number of nitrogens with one attached hydrogen (secondary N) is 1. The van der Waals surface area contributed by atoms with E-state index in [2.05, 4.69) is 5.32 Å².